The number of allylic oxidation sites excluding steroid dienone is 1. The molecule has 2 aromatic rings. The number of aromatic nitrogens is 1. The summed E-state index contributed by atoms with van der Waals surface area (Å²) in [6.07, 6.45) is 10.8. The predicted octanol–water partition coefficient (Wildman–Crippen LogP) is 3.06. The third-order valence-electron chi connectivity index (χ3n) is 7.65. The van der Waals surface area contributed by atoms with Gasteiger partial charge in [0.1, 0.15) is 12.4 Å². The van der Waals surface area contributed by atoms with Crippen LogP contribution in [0.3, 0.4) is 0 Å². The number of nitrogens with zero attached hydrogens (tertiary/aromatic N) is 3. The standard InChI is InChI=1S/C28H32N4O4/c33-25-23-7-1-2-8-24(23)36-20-22-6-5-17-32(22)27(35)28(11-3-4-14-30-25)12-18-31(19-13-28)26(34)21-9-15-29-16-10-21/h1-4,7-10,15-16,22H,5-6,11-14,17-20H2,(H,30,33)/b4-3-/t22-/m1/s1. The largest absolute Gasteiger partial charge is 0.491 e. The molecule has 0 bridgehead atoms. The Kier molecular flexibility index (Phi) is 7.02. The summed E-state index contributed by atoms with van der Waals surface area (Å²) in [6, 6.07) is 10.6. The first-order valence-corrected chi connectivity index (χ1v) is 12.7. The minimum Gasteiger partial charge on any atom is -0.491 e. The van der Waals surface area contributed by atoms with Gasteiger partial charge in [-0.1, -0.05) is 24.3 Å². The van der Waals surface area contributed by atoms with Crippen molar-refractivity contribution in [1.82, 2.24) is 20.1 Å². The number of nitrogens with one attached hydrogen (secondary N) is 1. The molecule has 0 aliphatic carbocycles. The van der Waals surface area contributed by atoms with E-state index in [9.17, 15) is 14.4 Å². The van der Waals surface area contributed by atoms with E-state index in [1.807, 2.05) is 34.1 Å². The van der Waals surface area contributed by atoms with Crippen LogP contribution in [-0.2, 0) is 4.79 Å². The Morgan fingerprint density at radius 2 is 1.81 bits per heavy atom. The average Bonchev–Trinajstić information content (AvgIpc) is 3.40. The van der Waals surface area contributed by atoms with E-state index < -0.39 is 5.41 Å². The van der Waals surface area contributed by atoms with Crippen molar-refractivity contribution in [2.45, 2.75) is 38.1 Å². The van der Waals surface area contributed by atoms with E-state index in [4.69, 9.17) is 4.74 Å². The van der Waals surface area contributed by atoms with Crippen molar-refractivity contribution in [2.24, 2.45) is 5.41 Å². The summed E-state index contributed by atoms with van der Waals surface area (Å²) in [5.74, 6) is 0.492. The third-order valence-corrected chi connectivity index (χ3v) is 7.65. The van der Waals surface area contributed by atoms with Gasteiger partial charge in [0, 0.05) is 44.1 Å². The fraction of sp³-hybridized carbons (Fsp3) is 0.429. The Morgan fingerprint density at radius 1 is 1.03 bits per heavy atom. The Hall–Kier alpha value is -3.68. The summed E-state index contributed by atoms with van der Waals surface area (Å²) >= 11 is 0. The molecule has 2 saturated heterocycles. The van der Waals surface area contributed by atoms with Crippen LogP contribution in [0.5, 0.6) is 5.75 Å². The molecule has 3 amide bonds. The Balaban J connectivity index is 1.36. The Morgan fingerprint density at radius 3 is 2.61 bits per heavy atom. The number of ether oxygens (including phenoxy) is 1. The highest BCUT2D eigenvalue weighted by Gasteiger charge is 2.46. The highest BCUT2D eigenvalue weighted by atomic mass is 16.5. The van der Waals surface area contributed by atoms with Gasteiger partial charge in [0.2, 0.25) is 5.91 Å². The second-order valence-electron chi connectivity index (χ2n) is 9.80. The molecule has 1 N–H and O–H groups in total. The zero-order chi connectivity index (χ0) is 25.0. The first-order chi connectivity index (χ1) is 17.6. The molecule has 188 valence electrons. The number of benzene rings is 1. The summed E-state index contributed by atoms with van der Waals surface area (Å²) in [6.45, 7) is 2.49. The highest BCUT2D eigenvalue weighted by Crippen LogP contribution is 2.40. The van der Waals surface area contributed by atoms with Gasteiger partial charge in [-0.2, -0.15) is 0 Å². The molecule has 36 heavy (non-hydrogen) atoms. The molecule has 5 rings (SSSR count). The van der Waals surface area contributed by atoms with Gasteiger partial charge in [-0.05, 0) is 56.4 Å². The zero-order valence-electron chi connectivity index (χ0n) is 20.4. The molecule has 0 radical (unpaired) electrons. The van der Waals surface area contributed by atoms with Crippen LogP contribution < -0.4 is 10.1 Å². The number of rotatable bonds is 1. The summed E-state index contributed by atoms with van der Waals surface area (Å²) in [4.78, 5) is 47.6. The quantitative estimate of drug-likeness (QED) is 0.623. The molecule has 0 unspecified atom stereocenters. The number of hydrogen-bond donors (Lipinski definition) is 1. The monoisotopic (exact) mass is 488 g/mol. The number of para-hydroxylation sites is 1. The minimum atomic E-state index is -0.569. The molecule has 1 aromatic heterocycles. The van der Waals surface area contributed by atoms with E-state index in [1.54, 1.807) is 36.7 Å². The number of carbonyl (C=O) groups excluding carboxylic acids is 3. The van der Waals surface area contributed by atoms with Crippen LogP contribution in [0.1, 0.15) is 52.8 Å². The Labute approximate surface area is 211 Å². The molecule has 3 aliphatic rings. The average molecular weight is 489 g/mol. The van der Waals surface area contributed by atoms with Gasteiger partial charge in [-0.3, -0.25) is 19.4 Å². The summed E-state index contributed by atoms with van der Waals surface area (Å²) in [5.41, 5.74) is 0.549. The molecule has 8 nitrogen and oxygen atoms in total. The number of pyridine rings is 1. The summed E-state index contributed by atoms with van der Waals surface area (Å²) in [7, 11) is 0. The first-order valence-electron chi connectivity index (χ1n) is 12.7. The molecule has 2 fully saturated rings. The van der Waals surface area contributed by atoms with Crippen LogP contribution in [0, 0.1) is 5.41 Å². The first kappa shape index (κ1) is 24.0. The van der Waals surface area contributed by atoms with E-state index in [1.165, 1.54) is 0 Å². The van der Waals surface area contributed by atoms with Gasteiger partial charge >= 0.3 is 0 Å². The topological polar surface area (TPSA) is 91.8 Å². The molecule has 3 aliphatic heterocycles. The smallest absolute Gasteiger partial charge is 0.255 e. The van der Waals surface area contributed by atoms with Gasteiger partial charge in [0.05, 0.1) is 17.0 Å². The van der Waals surface area contributed by atoms with Crippen LogP contribution >= 0.6 is 0 Å². The summed E-state index contributed by atoms with van der Waals surface area (Å²) < 4.78 is 6.11. The summed E-state index contributed by atoms with van der Waals surface area (Å²) in [5, 5.41) is 2.92. The van der Waals surface area contributed by atoms with Crippen LogP contribution in [0.2, 0.25) is 0 Å². The lowest BCUT2D eigenvalue weighted by atomic mass is 9.74. The lowest BCUT2D eigenvalue weighted by Gasteiger charge is -2.43. The Bertz CT molecular complexity index is 1140. The predicted molar refractivity (Wildman–Crippen MR) is 135 cm³/mol. The second-order valence-corrected chi connectivity index (χ2v) is 9.80. The molecule has 0 saturated carbocycles. The normalized spacial score (nSPS) is 23.2. The van der Waals surface area contributed by atoms with Crippen molar-refractivity contribution < 1.29 is 19.1 Å². The maximum Gasteiger partial charge on any atom is 0.255 e. The van der Waals surface area contributed by atoms with Crippen LogP contribution in [0.25, 0.3) is 0 Å². The number of fused-ring (bicyclic) bond motifs is 2. The number of amides is 3. The molecular formula is C28H32N4O4. The number of hydrogen-bond acceptors (Lipinski definition) is 5. The zero-order valence-corrected chi connectivity index (χ0v) is 20.4. The number of piperidine rings is 1. The fourth-order valence-corrected chi connectivity index (χ4v) is 5.51. The van der Waals surface area contributed by atoms with Gasteiger partial charge in [0.15, 0.2) is 0 Å². The molecule has 8 heteroatoms. The van der Waals surface area contributed by atoms with Gasteiger partial charge in [0.25, 0.3) is 11.8 Å². The number of likely N-dealkylation sites (tertiary alicyclic amines) is 1. The molecule has 4 heterocycles. The van der Waals surface area contributed by atoms with Gasteiger partial charge in [-0.15, -0.1) is 0 Å². The molecule has 1 aromatic carbocycles. The second kappa shape index (κ2) is 10.5. The molecular weight excluding hydrogens is 456 g/mol. The SMILES string of the molecule is O=C1NC/C=C\CC2(CCN(C(=O)c3ccncc3)CC2)C(=O)N2CCC[C@@H]2COc2ccccc21. The van der Waals surface area contributed by atoms with E-state index in [-0.39, 0.29) is 23.8 Å². The van der Waals surface area contributed by atoms with Gasteiger partial charge in [-0.25, -0.2) is 0 Å². The lowest BCUT2D eigenvalue weighted by molar-refractivity contribution is -0.146. The van der Waals surface area contributed by atoms with E-state index >= 15 is 0 Å². The lowest BCUT2D eigenvalue weighted by Crippen LogP contribution is -2.53. The van der Waals surface area contributed by atoms with Crippen molar-refractivity contribution in [2.75, 3.05) is 32.8 Å². The molecule has 1 spiro atoms. The van der Waals surface area contributed by atoms with E-state index in [2.05, 4.69) is 10.3 Å². The van der Waals surface area contributed by atoms with Crippen molar-refractivity contribution in [3.63, 3.8) is 0 Å². The maximum absolute atomic E-state index is 14.1. The number of carbonyl (C=O) groups is 3. The highest BCUT2D eigenvalue weighted by molar-refractivity contribution is 5.97. The van der Waals surface area contributed by atoms with Crippen LogP contribution in [0.4, 0.5) is 0 Å². The van der Waals surface area contributed by atoms with Crippen molar-refractivity contribution in [3.8, 4) is 5.75 Å². The van der Waals surface area contributed by atoms with Crippen molar-refractivity contribution in [3.05, 3.63) is 72.1 Å². The van der Waals surface area contributed by atoms with Crippen molar-refractivity contribution in [1.29, 1.82) is 0 Å². The van der Waals surface area contributed by atoms with E-state index in [0.717, 1.165) is 12.8 Å². The van der Waals surface area contributed by atoms with Crippen LogP contribution in [-0.4, -0.2) is 71.3 Å². The van der Waals surface area contributed by atoms with Crippen LogP contribution in [0.15, 0.2) is 60.9 Å². The maximum atomic E-state index is 14.1. The molecule has 1 atom stereocenters. The third kappa shape index (κ3) is 4.85. The fourth-order valence-electron chi connectivity index (χ4n) is 5.51. The van der Waals surface area contributed by atoms with E-state index in [0.29, 0.717) is 68.9 Å². The minimum absolute atomic E-state index is 0.0232. The van der Waals surface area contributed by atoms with Gasteiger partial charge < -0.3 is 19.9 Å². The van der Waals surface area contributed by atoms with Crippen molar-refractivity contribution >= 4 is 17.7 Å².